The number of nitrogens with zero attached hydrogens (tertiary/aromatic N) is 2. The molecule has 7 nitrogen and oxygen atoms in total. The summed E-state index contributed by atoms with van der Waals surface area (Å²) < 4.78 is 26.1. The quantitative estimate of drug-likeness (QED) is 0.607. The number of nitro benzene ring substituents is 1. The van der Waals surface area contributed by atoms with E-state index in [9.17, 15) is 23.7 Å². The molecule has 0 bridgehead atoms. The first-order chi connectivity index (χ1) is 12.9. The lowest BCUT2D eigenvalue weighted by molar-refractivity contribution is -0.892. The second kappa shape index (κ2) is 8.09. The third-order valence-electron chi connectivity index (χ3n) is 4.51. The van der Waals surface area contributed by atoms with Crippen LogP contribution in [0.2, 0.25) is 0 Å². The molecule has 142 valence electrons. The smallest absolute Gasteiger partial charge is 0.279 e. The second-order valence-electron chi connectivity index (χ2n) is 6.36. The Balaban J connectivity index is 1.49. The van der Waals surface area contributed by atoms with Crippen molar-refractivity contribution in [1.29, 1.82) is 0 Å². The van der Waals surface area contributed by atoms with Gasteiger partial charge in [-0.25, -0.2) is 8.78 Å². The van der Waals surface area contributed by atoms with Crippen molar-refractivity contribution < 1.29 is 23.4 Å². The van der Waals surface area contributed by atoms with Gasteiger partial charge in [-0.1, -0.05) is 0 Å². The number of halogens is 2. The van der Waals surface area contributed by atoms with Crippen LogP contribution in [-0.4, -0.2) is 43.6 Å². The third-order valence-corrected chi connectivity index (χ3v) is 4.51. The molecule has 1 amide bonds. The highest BCUT2D eigenvalue weighted by molar-refractivity contribution is 5.91. The van der Waals surface area contributed by atoms with E-state index in [-0.39, 0.29) is 23.8 Å². The van der Waals surface area contributed by atoms with Crippen molar-refractivity contribution in [3.05, 3.63) is 64.2 Å². The number of carbonyl (C=O) groups excluding carboxylic acids is 1. The van der Waals surface area contributed by atoms with Gasteiger partial charge in [0.2, 0.25) is 0 Å². The molecule has 3 rings (SSSR count). The Kier molecular flexibility index (Phi) is 5.60. The Labute approximate surface area is 154 Å². The second-order valence-corrected chi connectivity index (χ2v) is 6.36. The van der Waals surface area contributed by atoms with E-state index in [2.05, 4.69) is 10.2 Å². The highest BCUT2D eigenvalue weighted by Gasteiger charge is 2.23. The average Bonchev–Trinajstić information content (AvgIpc) is 2.65. The minimum atomic E-state index is -1.00. The Hall–Kier alpha value is -3.07. The van der Waals surface area contributed by atoms with Crippen LogP contribution < -0.4 is 15.1 Å². The number of benzene rings is 2. The summed E-state index contributed by atoms with van der Waals surface area (Å²) in [6.45, 7) is 3.11. The molecule has 0 unspecified atom stereocenters. The molecule has 0 saturated carbocycles. The van der Waals surface area contributed by atoms with E-state index in [1.165, 1.54) is 18.2 Å². The minimum Gasteiger partial charge on any atom is -0.360 e. The molecule has 27 heavy (non-hydrogen) atoms. The van der Waals surface area contributed by atoms with Gasteiger partial charge in [0.15, 0.2) is 18.2 Å². The van der Waals surface area contributed by atoms with Crippen molar-refractivity contribution in [2.75, 3.05) is 42.9 Å². The number of rotatable bonds is 5. The summed E-state index contributed by atoms with van der Waals surface area (Å²) in [5.74, 6) is -2.22. The number of amides is 1. The minimum absolute atomic E-state index is 0.0527. The number of piperazine rings is 1. The SMILES string of the molecule is O=C(C[NH+]1CCN(c2ccc([N+](=O)[O-])cc2)CC1)Nc1ccc(F)c(F)c1. The van der Waals surface area contributed by atoms with Crippen molar-refractivity contribution in [2.45, 2.75) is 0 Å². The summed E-state index contributed by atoms with van der Waals surface area (Å²) in [5.41, 5.74) is 1.19. The van der Waals surface area contributed by atoms with Crippen LogP contribution in [0.4, 0.5) is 25.8 Å². The molecule has 2 aromatic rings. The third kappa shape index (κ3) is 4.76. The predicted molar refractivity (Wildman–Crippen MR) is 95.9 cm³/mol. The highest BCUT2D eigenvalue weighted by atomic mass is 19.2. The van der Waals surface area contributed by atoms with Crippen molar-refractivity contribution >= 4 is 23.0 Å². The van der Waals surface area contributed by atoms with Crippen LogP contribution in [0.1, 0.15) is 0 Å². The number of hydrogen-bond donors (Lipinski definition) is 2. The Morgan fingerprint density at radius 2 is 1.78 bits per heavy atom. The lowest BCUT2D eigenvalue weighted by Gasteiger charge is -2.33. The first kappa shape index (κ1) is 18.7. The zero-order chi connectivity index (χ0) is 19.4. The number of hydrogen-bond acceptors (Lipinski definition) is 4. The summed E-state index contributed by atoms with van der Waals surface area (Å²) in [4.78, 5) is 25.6. The largest absolute Gasteiger partial charge is 0.360 e. The van der Waals surface area contributed by atoms with E-state index >= 15 is 0 Å². The molecule has 2 aromatic carbocycles. The average molecular weight is 377 g/mol. The van der Waals surface area contributed by atoms with Gasteiger partial charge in [-0.15, -0.1) is 0 Å². The maximum Gasteiger partial charge on any atom is 0.279 e. The maximum absolute atomic E-state index is 13.2. The number of anilines is 2. The normalized spacial score (nSPS) is 14.8. The van der Waals surface area contributed by atoms with Crippen LogP contribution in [0.25, 0.3) is 0 Å². The van der Waals surface area contributed by atoms with E-state index in [1.807, 2.05) is 0 Å². The Bertz CT molecular complexity index is 837. The molecule has 9 heteroatoms. The van der Waals surface area contributed by atoms with E-state index < -0.39 is 16.6 Å². The van der Waals surface area contributed by atoms with E-state index in [0.29, 0.717) is 13.1 Å². The lowest BCUT2D eigenvalue weighted by atomic mass is 10.2. The summed E-state index contributed by atoms with van der Waals surface area (Å²) in [7, 11) is 0. The van der Waals surface area contributed by atoms with Crippen LogP contribution in [0.3, 0.4) is 0 Å². The molecule has 2 N–H and O–H groups in total. The number of nitrogens with one attached hydrogen (secondary N) is 2. The fourth-order valence-electron chi connectivity index (χ4n) is 3.05. The molecule has 1 aliphatic rings. The van der Waals surface area contributed by atoms with Crippen LogP contribution >= 0.6 is 0 Å². The number of carbonyl (C=O) groups is 1. The molecule has 1 aliphatic heterocycles. The van der Waals surface area contributed by atoms with Gasteiger partial charge in [0, 0.05) is 29.6 Å². The monoisotopic (exact) mass is 377 g/mol. The fraction of sp³-hybridized carbons (Fsp3) is 0.278. The van der Waals surface area contributed by atoms with E-state index in [0.717, 1.165) is 35.8 Å². The summed E-state index contributed by atoms with van der Waals surface area (Å²) in [5, 5.41) is 13.3. The van der Waals surface area contributed by atoms with Gasteiger partial charge in [-0.2, -0.15) is 0 Å². The molecule has 1 fully saturated rings. The highest BCUT2D eigenvalue weighted by Crippen LogP contribution is 2.19. The van der Waals surface area contributed by atoms with E-state index in [1.54, 1.807) is 12.1 Å². The molecule has 0 aliphatic carbocycles. The zero-order valence-corrected chi connectivity index (χ0v) is 14.5. The first-order valence-electron chi connectivity index (χ1n) is 8.50. The predicted octanol–water partition coefficient (Wildman–Crippen LogP) is 1.22. The molecular formula is C18H19F2N4O3+. The van der Waals surface area contributed by atoms with Gasteiger partial charge in [-0.3, -0.25) is 14.9 Å². The Morgan fingerprint density at radius 1 is 1.11 bits per heavy atom. The van der Waals surface area contributed by atoms with Crippen LogP contribution in [-0.2, 0) is 4.79 Å². The molecule has 0 radical (unpaired) electrons. The van der Waals surface area contributed by atoms with Crippen molar-refractivity contribution in [3.63, 3.8) is 0 Å². The number of nitro groups is 1. The summed E-state index contributed by atoms with van der Waals surface area (Å²) >= 11 is 0. The van der Waals surface area contributed by atoms with Crippen molar-refractivity contribution in [1.82, 2.24) is 0 Å². The van der Waals surface area contributed by atoms with Crippen LogP contribution in [0, 0.1) is 21.7 Å². The number of non-ortho nitro benzene ring substituents is 1. The maximum atomic E-state index is 13.2. The molecule has 0 atom stereocenters. The van der Waals surface area contributed by atoms with Gasteiger partial charge in [0.1, 0.15) is 0 Å². The van der Waals surface area contributed by atoms with Gasteiger partial charge in [0.25, 0.3) is 11.6 Å². The van der Waals surface area contributed by atoms with Gasteiger partial charge in [0.05, 0.1) is 31.1 Å². The standard InChI is InChI=1S/C18H18F2N4O3/c19-16-6-1-13(11-17(16)20)21-18(25)12-22-7-9-23(10-8-22)14-2-4-15(5-3-14)24(26)27/h1-6,11H,7-10,12H2,(H,21,25)/p+1. The molecule has 1 heterocycles. The van der Waals surface area contributed by atoms with Crippen molar-refractivity contribution in [3.8, 4) is 0 Å². The summed E-state index contributed by atoms with van der Waals surface area (Å²) in [6.07, 6.45) is 0. The van der Waals surface area contributed by atoms with Crippen LogP contribution in [0.15, 0.2) is 42.5 Å². The van der Waals surface area contributed by atoms with E-state index in [4.69, 9.17) is 0 Å². The molecule has 1 saturated heterocycles. The lowest BCUT2D eigenvalue weighted by Crippen LogP contribution is -3.15. The number of quaternary nitrogens is 1. The fourth-order valence-corrected chi connectivity index (χ4v) is 3.05. The van der Waals surface area contributed by atoms with Crippen LogP contribution in [0.5, 0.6) is 0 Å². The molecule has 0 spiro atoms. The van der Waals surface area contributed by atoms with Crippen molar-refractivity contribution in [2.24, 2.45) is 0 Å². The molecule has 0 aromatic heterocycles. The van der Waals surface area contributed by atoms with Gasteiger partial charge < -0.3 is 15.1 Å². The van der Waals surface area contributed by atoms with Gasteiger partial charge in [-0.05, 0) is 24.3 Å². The first-order valence-corrected chi connectivity index (χ1v) is 8.50. The zero-order valence-electron chi connectivity index (χ0n) is 14.5. The topological polar surface area (TPSA) is 79.9 Å². The Morgan fingerprint density at radius 3 is 2.37 bits per heavy atom. The summed E-state index contributed by atoms with van der Waals surface area (Å²) in [6, 6.07) is 9.64. The molecular weight excluding hydrogens is 358 g/mol. The van der Waals surface area contributed by atoms with Gasteiger partial charge >= 0.3 is 0 Å².